The van der Waals surface area contributed by atoms with Crippen molar-refractivity contribution in [3.63, 3.8) is 0 Å². The lowest BCUT2D eigenvalue weighted by molar-refractivity contribution is 0.0939. The van der Waals surface area contributed by atoms with Crippen molar-refractivity contribution in [2.75, 3.05) is 11.4 Å². The van der Waals surface area contributed by atoms with Crippen molar-refractivity contribution < 1.29 is 13.2 Å². The van der Waals surface area contributed by atoms with E-state index in [0.717, 1.165) is 16.7 Å². The first kappa shape index (κ1) is 22.6. The van der Waals surface area contributed by atoms with Gasteiger partial charge in [0.05, 0.1) is 16.6 Å². The lowest BCUT2D eigenvalue weighted by Crippen LogP contribution is -2.29. The second-order valence-electron chi connectivity index (χ2n) is 7.83. The summed E-state index contributed by atoms with van der Waals surface area (Å²) in [4.78, 5) is 12.9. The third kappa shape index (κ3) is 4.80. The first-order valence-electron chi connectivity index (χ1n) is 10.1. The van der Waals surface area contributed by atoms with Crippen molar-refractivity contribution in [3.8, 4) is 0 Å². The number of amides is 1. The zero-order chi connectivity index (χ0) is 22.8. The van der Waals surface area contributed by atoms with Gasteiger partial charge >= 0.3 is 0 Å². The fraction of sp³-hybridized carbons (Fsp3) is 0.240. The van der Waals surface area contributed by atoms with Gasteiger partial charge in [0, 0.05) is 12.6 Å². The van der Waals surface area contributed by atoms with Crippen LogP contribution in [0.4, 0.5) is 5.69 Å². The van der Waals surface area contributed by atoms with Crippen LogP contribution in [0.2, 0.25) is 0 Å². The van der Waals surface area contributed by atoms with Gasteiger partial charge in [-0.15, -0.1) is 0 Å². The van der Waals surface area contributed by atoms with Crippen LogP contribution in [0, 0.1) is 20.8 Å². The molecular formula is C25H28N2O3S. The van der Waals surface area contributed by atoms with E-state index in [4.69, 9.17) is 0 Å². The van der Waals surface area contributed by atoms with Crippen LogP contribution >= 0.6 is 0 Å². The molecule has 1 N–H and O–H groups in total. The summed E-state index contributed by atoms with van der Waals surface area (Å²) in [7, 11) is -2.29. The molecule has 1 unspecified atom stereocenters. The van der Waals surface area contributed by atoms with Crippen molar-refractivity contribution in [2.45, 2.75) is 38.6 Å². The largest absolute Gasteiger partial charge is 0.346 e. The Bertz CT molecular complexity index is 1220. The lowest BCUT2D eigenvalue weighted by atomic mass is 10.0. The van der Waals surface area contributed by atoms with Gasteiger partial charge in [-0.2, -0.15) is 0 Å². The number of hydrogen-bond acceptors (Lipinski definition) is 3. The summed E-state index contributed by atoms with van der Waals surface area (Å²) in [6, 6.07) is 19.3. The van der Waals surface area contributed by atoms with Crippen LogP contribution in [0.5, 0.6) is 0 Å². The number of rotatable bonds is 6. The number of nitrogens with one attached hydrogen (secondary N) is 1. The molecule has 5 nitrogen and oxygen atoms in total. The number of aryl methyl sites for hydroxylation is 3. The number of sulfonamides is 1. The van der Waals surface area contributed by atoms with E-state index in [0.29, 0.717) is 11.3 Å². The SMILES string of the molecule is Cc1ccc(C(C)NC(=O)c2cccc(S(=O)(=O)N(C)c3ccccc3C)c2)cc1C. The number of carbonyl (C=O) groups excluding carboxylic acids is 1. The summed E-state index contributed by atoms with van der Waals surface area (Å²) in [5.74, 6) is -0.318. The molecule has 0 aliphatic heterocycles. The zero-order valence-corrected chi connectivity index (χ0v) is 19.3. The average molecular weight is 437 g/mol. The standard InChI is InChI=1S/C25H28N2O3S/c1-17-13-14-21(15-19(17)3)20(4)26-25(28)22-10-8-11-23(16-22)31(29,30)27(5)24-12-7-6-9-18(24)2/h6-16,20H,1-5H3,(H,26,28). The zero-order valence-electron chi connectivity index (χ0n) is 18.5. The molecule has 3 aromatic rings. The van der Waals surface area contributed by atoms with Crippen LogP contribution in [0.3, 0.4) is 0 Å². The minimum atomic E-state index is -3.81. The Hall–Kier alpha value is -3.12. The van der Waals surface area contributed by atoms with E-state index in [2.05, 4.69) is 11.4 Å². The highest BCUT2D eigenvalue weighted by atomic mass is 32.2. The van der Waals surface area contributed by atoms with Crippen molar-refractivity contribution in [3.05, 3.63) is 94.5 Å². The second kappa shape index (κ2) is 8.94. The van der Waals surface area contributed by atoms with Crippen LogP contribution in [0.1, 0.15) is 45.6 Å². The number of carbonyl (C=O) groups is 1. The van der Waals surface area contributed by atoms with Gasteiger partial charge in [-0.1, -0.05) is 42.5 Å². The Labute approximate surface area is 184 Å². The van der Waals surface area contributed by atoms with Crippen LogP contribution in [0.15, 0.2) is 71.6 Å². The monoisotopic (exact) mass is 436 g/mol. The maximum absolute atomic E-state index is 13.2. The van der Waals surface area contributed by atoms with E-state index in [9.17, 15) is 13.2 Å². The van der Waals surface area contributed by atoms with Crippen LogP contribution in [-0.2, 0) is 10.0 Å². The summed E-state index contributed by atoms with van der Waals surface area (Å²) in [5.41, 5.74) is 5.10. The Morgan fingerprint density at radius 1 is 0.871 bits per heavy atom. The highest BCUT2D eigenvalue weighted by Gasteiger charge is 2.23. The molecule has 0 aliphatic rings. The molecule has 3 rings (SSSR count). The molecule has 0 fully saturated rings. The maximum Gasteiger partial charge on any atom is 0.264 e. The Kier molecular flexibility index (Phi) is 6.51. The number of benzene rings is 3. The molecule has 0 aliphatic carbocycles. The van der Waals surface area contributed by atoms with Crippen LogP contribution in [-0.4, -0.2) is 21.4 Å². The van der Waals surface area contributed by atoms with Crippen molar-refractivity contribution in [1.29, 1.82) is 0 Å². The quantitative estimate of drug-likeness (QED) is 0.596. The predicted octanol–water partition coefficient (Wildman–Crippen LogP) is 4.93. The maximum atomic E-state index is 13.2. The molecule has 3 aromatic carbocycles. The highest BCUT2D eigenvalue weighted by Crippen LogP contribution is 2.25. The van der Waals surface area contributed by atoms with Crippen molar-refractivity contribution in [2.24, 2.45) is 0 Å². The van der Waals surface area contributed by atoms with E-state index >= 15 is 0 Å². The molecule has 6 heteroatoms. The van der Waals surface area contributed by atoms with Gasteiger partial charge in [0.1, 0.15) is 0 Å². The molecule has 1 atom stereocenters. The van der Waals surface area contributed by atoms with Crippen LogP contribution < -0.4 is 9.62 Å². The van der Waals surface area contributed by atoms with E-state index < -0.39 is 10.0 Å². The van der Waals surface area contributed by atoms with E-state index in [-0.39, 0.29) is 16.8 Å². The molecule has 31 heavy (non-hydrogen) atoms. The van der Waals surface area contributed by atoms with Crippen molar-refractivity contribution >= 4 is 21.6 Å². The summed E-state index contributed by atoms with van der Waals surface area (Å²) in [6.07, 6.45) is 0. The summed E-state index contributed by atoms with van der Waals surface area (Å²) in [6.45, 7) is 7.85. The first-order chi connectivity index (χ1) is 14.6. The number of anilines is 1. The Morgan fingerprint density at radius 2 is 1.58 bits per heavy atom. The highest BCUT2D eigenvalue weighted by molar-refractivity contribution is 7.92. The number of hydrogen-bond donors (Lipinski definition) is 1. The van der Waals surface area contributed by atoms with E-state index in [1.807, 2.05) is 52.0 Å². The first-order valence-corrected chi connectivity index (χ1v) is 11.6. The van der Waals surface area contributed by atoms with E-state index in [1.54, 1.807) is 24.3 Å². The van der Waals surface area contributed by atoms with Gasteiger partial charge in [-0.05, 0) is 74.2 Å². The molecule has 0 radical (unpaired) electrons. The Balaban J connectivity index is 1.84. The lowest BCUT2D eigenvalue weighted by Gasteiger charge is -2.22. The van der Waals surface area contributed by atoms with Gasteiger partial charge in [0.2, 0.25) is 0 Å². The molecular weight excluding hydrogens is 408 g/mol. The summed E-state index contributed by atoms with van der Waals surface area (Å²) < 4.78 is 27.6. The minimum absolute atomic E-state index is 0.0738. The van der Waals surface area contributed by atoms with Gasteiger partial charge in [0.15, 0.2) is 0 Å². The average Bonchev–Trinajstić information content (AvgIpc) is 2.75. The smallest absolute Gasteiger partial charge is 0.264 e. The molecule has 0 spiro atoms. The molecule has 1 amide bonds. The third-order valence-corrected chi connectivity index (χ3v) is 7.36. The number of nitrogens with zero attached hydrogens (tertiary/aromatic N) is 1. The predicted molar refractivity (Wildman–Crippen MR) is 125 cm³/mol. The van der Waals surface area contributed by atoms with Gasteiger partial charge in [-0.3, -0.25) is 9.10 Å². The van der Waals surface area contributed by atoms with Crippen molar-refractivity contribution in [1.82, 2.24) is 5.32 Å². The summed E-state index contributed by atoms with van der Waals surface area (Å²) >= 11 is 0. The topological polar surface area (TPSA) is 66.5 Å². The van der Waals surface area contributed by atoms with Gasteiger partial charge in [0.25, 0.3) is 15.9 Å². The molecule has 162 valence electrons. The third-order valence-electron chi connectivity index (χ3n) is 5.59. The fourth-order valence-corrected chi connectivity index (χ4v) is 4.71. The van der Waals surface area contributed by atoms with Crippen LogP contribution in [0.25, 0.3) is 0 Å². The molecule has 0 aromatic heterocycles. The summed E-state index contributed by atoms with van der Waals surface area (Å²) in [5, 5.41) is 2.96. The second-order valence-corrected chi connectivity index (χ2v) is 9.79. The Morgan fingerprint density at radius 3 is 2.26 bits per heavy atom. The molecule has 0 saturated heterocycles. The molecule has 0 saturated carbocycles. The number of para-hydroxylation sites is 1. The minimum Gasteiger partial charge on any atom is -0.346 e. The normalized spacial score (nSPS) is 12.3. The molecule has 0 bridgehead atoms. The molecule has 0 heterocycles. The van der Waals surface area contributed by atoms with Gasteiger partial charge in [-0.25, -0.2) is 8.42 Å². The fourth-order valence-electron chi connectivity index (χ4n) is 3.40. The van der Waals surface area contributed by atoms with E-state index in [1.165, 1.54) is 29.0 Å². The van der Waals surface area contributed by atoms with Gasteiger partial charge < -0.3 is 5.32 Å².